The van der Waals surface area contributed by atoms with Crippen LogP contribution in [-0.4, -0.2) is 26.8 Å². The fraction of sp³-hybridized carbons (Fsp3) is 0.143. The zero-order chi connectivity index (χ0) is 21.6. The summed E-state index contributed by atoms with van der Waals surface area (Å²) in [5, 5.41) is 5.57. The molecule has 0 radical (unpaired) electrons. The highest BCUT2D eigenvalue weighted by molar-refractivity contribution is 7.91. The molecule has 0 spiro atoms. The molecule has 0 bridgehead atoms. The van der Waals surface area contributed by atoms with Gasteiger partial charge in [0.15, 0.2) is 9.84 Å². The summed E-state index contributed by atoms with van der Waals surface area (Å²) in [6.45, 7) is -0.205. The van der Waals surface area contributed by atoms with Gasteiger partial charge in [-0.3, -0.25) is 9.59 Å². The van der Waals surface area contributed by atoms with Crippen LogP contribution in [0.25, 0.3) is 0 Å². The molecular weight excluding hydrogens is 427 g/mol. The molecule has 6 nitrogen and oxygen atoms in total. The number of hydrogen-bond acceptors (Lipinski definition) is 5. The van der Waals surface area contributed by atoms with E-state index in [0.717, 1.165) is 0 Å². The highest BCUT2D eigenvalue weighted by Crippen LogP contribution is 2.31. The zero-order valence-electron chi connectivity index (χ0n) is 15.7. The van der Waals surface area contributed by atoms with Gasteiger partial charge in [-0.25, -0.2) is 12.8 Å². The number of sulfone groups is 1. The molecule has 0 aliphatic heterocycles. The van der Waals surface area contributed by atoms with E-state index in [0.29, 0.717) is 10.4 Å². The van der Waals surface area contributed by atoms with Gasteiger partial charge in [-0.2, -0.15) is 0 Å². The number of amides is 2. The normalized spacial score (nSPS) is 12.2. The van der Waals surface area contributed by atoms with Crippen molar-refractivity contribution in [2.75, 3.05) is 6.54 Å². The van der Waals surface area contributed by atoms with Gasteiger partial charge in [0, 0.05) is 18.0 Å². The summed E-state index contributed by atoms with van der Waals surface area (Å²) in [5.41, 5.74) is 0.626. The van der Waals surface area contributed by atoms with Crippen LogP contribution >= 0.6 is 11.3 Å². The van der Waals surface area contributed by atoms with Crippen LogP contribution in [0.3, 0.4) is 0 Å². The van der Waals surface area contributed by atoms with Gasteiger partial charge in [-0.05, 0) is 41.3 Å². The number of halogens is 1. The van der Waals surface area contributed by atoms with Crippen LogP contribution in [0.1, 0.15) is 15.7 Å². The number of nitrogens with one attached hydrogen (secondary N) is 2. The molecule has 0 saturated heterocycles. The van der Waals surface area contributed by atoms with Crippen molar-refractivity contribution >= 4 is 33.0 Å². The zero-order valence-corrected chi connectivity index (χ0v) is 17.4. The monoisotopic (exact) mass is 446 g/mol. The Morgan fingerprint density at radius 2 is 1.57 bits per heavy atom. The number of thiophene rings is 1. The first-order valence-corrected chi connectivity index (χ1v) is 11.4. The van der Waals surface area contributed by atoms with Crippen molar-refractivity contribution in [2.45, 2.75) is 16.7 Å². The predicted octanol–water partition coefficient (Wildman–Crippen LogP) is 2.83. The number of carbonyl (C=O) groups is 2. The van der Waals surface area contributed by atoms with Crippen molar-refractivity contribution in [1.82, 2.24) is 10.6 Å². The van der Waals surface area contributed by atoms with Crippen LogP contribution in [0, 0.1) is 5.82 Å². The number of benzene rings is 2. The summed E-state index contributed by atoms with van der Waals surface area (Å²) in [7, 11) is -3.78. The molecule has 30 heavy (non-hydrogen) atoms. The third kappa shape index (κ3) is 5.31. The molecule has 2 N–H and O–H groups in total. The van der Waals surface area contributed by atoms with E-state index in [2.05, 4.69) is 10.6 Å². The van der Waals surface area contributed by atoms with Crippen molar-refractivity contribution in [3.63, 3.8) is 0 Å². The SMILES string of the molecule is O=C(NCc1ccc(F)cc1)C(=O)NCC(c1cccs1)S(=O)(=O)c1ccccc1. The smallest absolute Gasteiger partial charge is 0.309 e. The number of carbonyl (C=O) groups excluding carboxylic acids is 2. The van der Waals surface area contributed by atoms with Gasteiger partial charge < -0.3 is 10.6 Å². The Bertz CT molecular complexity index is 1100. The van der Waals surface area contributed by atoms with Gasteiger partial charge in [0.1, 0.15) is 11.1 Å². The van der Waals surface area contributed by atoms with E-state index >= 15 is 0 Å². The van der Waals surface area contributed by atoms with E-state index in [1.807, 2.05) is 0 Å². The van der Waals surface area contributed by atoms with Crippen LogP contribution in [-0.2, 0) is 26.0 Å². The largest absolute Gasteiger partial charge is 0.346 e. The second-order valence-corrected chi connectivity index (χ2v) is 9.49. The molecule has 156 valence electrons. The van der Waals surface area contributed by atoms with E-state index in [4.69, 9.17) is 0 Å². The standard InChI is InChI=1S/C21H19FN2O4S2/c22-16-10-8-15(9-11-16)13-23-20(25)21(26)24-14-19(18-7-4-12-29-18)30(27,28)17-5-2-1-3-6-17/h1-12,19H,13-14H2,(H,23,25)(H,24,26). The lowest BCUT2D eigenvalue weighted by molar-refractivity contribution is -0.139. The lowest BCUT2D eigenvalue weighted by Gasteiger charge is -2.17. The maximum Gasteiger partial charge on any atom is 0.309 e. The Morgan fingerprint density at radius 1 is 0.900 bits per heavy atom. The Morgan fingerprint density at radius 3 is 2.20 bits per heavy atom. The molecule has 1 heterocycles. The highest BCUT2D eigenvalue weighted by atomic mass is 32.2. The van der Waals surface area contributed by atoms with E-state index in [9.17, 15) is 22.4 Å². The molecule has 3 rings (SSSR count). The average Bonchev–Trinajstić information content (AvgIpc) is 3.28. The maximum absolute atomic E-state index is 13.1. The topological polar surface area (TPSA) is 92.3 Å². The van der Waals surface area contributed by atoms with Gasteiger partial charge in [0.05, 0.1) is 4.90 Å². The molecule has 3 aromatic rings. The van der Waals surface area contributed by atoms with Gasteiger partial charge in [0.2, 0.25) is 0 Å². The number of rotatable bonds is 7. The molecule has 1 aromatic heterocycles. The predicted molar refractivity (Wildman–Crippen MR) is 112 cm³/mol. The summed E-state index contributed by atoms with van der Waals surface area (Å²) < 4.78 is 39.1. The van der Waals surface area contributed by atoms with Crippen molar-refractivity contribution in [3.05, 3.63) is 88.4 Å². The van der Waals surface area contributed by atoms with Crippen LogP contribution in [0.5, 0.6) is 0 Å². The summed E-state index contributed by atoms with van der Waals surface area (Å²) in [4.78, 5) is 24.9. The van der Waals surface area contributed by atoms with Crippen LogP contribution in [0.15, 0.2) is 77.0 Å². The fourth-order valence-corrected chi connectivity index (χ4v) is 5.55. The Labute approximate surface area is 177 Å². The lowest BCUT2D eigenvalue weighted by atomic mass is 10.2. The third-order valence-electron chi connectivity index (χ3n) is 4.33. The van der Waals surface area contributed by atoms with Gasteiger partial charge in [-0.15, -0.1) is 11.3 Å². The van der Waals surface area contributed by atoms with Gasteiger partial charge in [-0.1, -0.05) is 36.4 Å². The Hall–Kier alpha value is -3.04. The Balaban J connectivity index is 1.66. The van der Waals surface area contributed by atoms with Gasteiger partial charge in [0.25, 0.3) is 0 Å². The number of hydrogen-bond donors (Lipinski definition) is 2. The first kappa shape index (κ1) is 21.7. The second-order valence-electron chi connectivity index (χ2n) is 6.38. The first-order valence-electron chi connectivity index (χ1n) is 9.01. The first-order chi connectivity index (χ1) is 14.4. The molecule has 1 unspecified atom stereocenters. The molecule has 0 aliphatic carbocycles. The van der Waals surface area contributed by atoms with Crippen LogP contribution in [0.4, 0.5) is 4.39 Å². The summed E-state index contributed by atoms with van der Waals surface area (Å²) in [5.74, 6) is -2.25. The van der Waals surface area contributed by atoms with Crippen LogP contribution < -0.4 is 10.6 Å². The Kier molecular flexibility index (Phi) is 6.96. The molecule has 2 amide bonds. The maximum atomic E-state index is 13.1. The minimum absolute atomic E-state index is 0.0448. The minimum atomic E-state index is -3.78. The van der Waals surface area contributed by atoms with Crippen molar-refractivity contribution in [3.8, 4) is 0 Å². The average molecular weight is 447 g/mol. The molecule has 0 fully saturated rings. The molecule has 1 atom stereocenters. The van der Waals surface area contributed by atoms with Crippen molar-refractivity contribution < 1.29 is 22.4 Å². The van der Waals surface area contributed by atoms with E-state index in [1.54, 1.807) is 35.7 Å². The quantitative estimate of drug-likeness (QED) is 0.546. The summed E-state index contributed by atoms with van der Waals surface area (Å²) in [6, 6.07) is 16.8. The highest BCUT2D eigenvalue weighted by Gasteiger charge is 2.31. The fourth-order valence-electron chi connectivity index (χ4n) is 2.74. The molecule has 0 saturated carbocycles. The second kappa shape index (κ2) is 9.64. The van der Waals surface area contributed by atoms with E-state index in [-0.39, 0.29) is 18.0 Å². The van der Waals surface area contributed by atoms with E-state index in [1.165, 1.54) is 47.7 Å². The lowest BCUT2D eigenvalue weighted by Crippen LogP contribution is -2.42. The molecular formula is C21H19FN2O4S2. The molecule has 9 heteroatoms. The van der Waals surface area contributed by atoms with Crippen molar-refractivity contribution in [2.24, 2.45) is 0 Å². The molecule has 2 aromatic carbocycles. The van der Waals surface area contributed by atoms with E-state index < -0.39 is 32.7 Å². The summed E-state index contributed by atoms with van der Waals surface area (Å²) >= 11 is 1.26. The third-order valence-corrected chi connectivity index (χ3v) is 7.56. The van der Waals surface area contributed by atoms with Crippen molar-refractivity contribution in [1.29, 1.82) is 0 Å². The minimum Gasteiger partial charge on any atom is -0.346 e. The summed E-state index contributed by atoms with van der Waals surface area (Å²) in [6.07, 6.45) is 0. The van der Waals surface area contributed by atoms with Gasteiger partial charge >= 0.3 is 11.8 Å². The molecule has 0 aliphatic rings. The van der Waals surface area contributed by atoms with Crippen LogP contribution in [0.2, 0.25) is 0 Å².